The van der Waals surface area contributed by atoms with Crippen LogP contribution in [0.2, 0.25) is 0 Å². The number of hydrogen-bond acceptors (Lipinski definition) is 3. The Labute approximate surface area is 87.3 Å². The largest absolute Gasteiger partial charge is 0.385 e. The van der Waals surface area contributed by atoms with Crippen molar-refractivity contribution in [2.45, 2.75) is 6.42 Å². The average Bonchev–Trinajstić information content (AvgIpc) is 2.65. The molecule has 1 aromatic carbocycles. The van der Waals surface area contributed by atoms with Gasteiger partial charge in [0.25, 0.3) is 0 Å². The van der Waals surface area contributed by atoms with Crippen LogP contribution in [0.1, 0.15) is 6.42 Å². The van der Waals surface area contributed by atoms with E-state index in [0.717, 1.165) is 24.2 Å². The van der Waals surface area contributed by atoms with E-state index in [2.05, 4.69) is 29.0 Å². The van der Waals surface area contributed by atoms with Gasteiger partial charge in [-0.1, -0.05) is 6.08 Å². The SMILES string of the molecule is C=CCCNc1ccc2ncsc2c1. The van der Waals surface area contributed by atoms with Gasteiger partial charge in [0.15, 0.2) is 0 Å². The van der Waals surface area contributed by atoms with Gasteiger partial charge < -0.3 is 5.32 Å². The third-order valence-corrected chi connectivity index (χ3v) is 2.80. The molecule has 0 aliphatic carbocycles. The molecule has 3 heteroatoms. The van der Waals surface area contributed by atoms with Gasteiger partial charge in [0.05, 0.1) is 15.7 Å². The van der Waals surface area contributed by atoms with E-state index < -0.39 is 0 Å². The molecule has 0 amide bonds. The Bertz CT molecular complexity index is 434. The molecule has 2 nitrogen and oxygen atoms in total. The number of nitrogens with zero attached hydrogens (tertiary/aromatic N) is 1. The van der Waals surface area contributed by atoms with Crippen molar-refractivity contribution in [1.82, 2.24) is 4.98 Å². The summed E-state index contributed by atoms with van der Waals surface area (Å²) >= 11 is 1.67. The van der Waals surface area contributed by atoms with Gasteiger partial charge in [0.2, 0.25) is 0 Å². The molecule has 0 unspecified atom stereocenters. The van der Waals surface area contributed by atoms with E-state index in [1.807, 2.05) is 17.7 Å². The summed E-state index contributed by atoms with van der Waals surface area (Å²) in [5.74, 6) is 0. The molecule has 14 heavy (non-hydrogen) atoms. The smallest absolute Gasteiger partial charge is 0.0813 e. The van der Waals surface area contributed by atoms with Gasteiger partial charge in [0, 0.05) is 12.2 Å². The van der Waals surface area contributed by atoms with Crippen molar-refractivity contribution >= 4 is 27.2 Å². The van der Waals surface area contributed by atoms with E-state index in [4.69, 9.17) is 0 Å². The van der Waals surface area contributed by atoms with Crippen LogP contribution >= 0.6 is 11.3 Å². The number of nitrogens with one attached hydrogen (secondary N) is 1. The van der Waals surface area contributed by atoms with Crippen LogP contribution in [0.15, 0.2) is 36.4 Å². The molecule has 1 aromatic heterocycles. The van der Waals surface area contributed by atoms with Gasteiger partial charge in [-0.15, -0.1) is 17.9 Å². The lowest BCUT2D eigenvalue weighted by molar-refractivity contribution is 1.07. The van der Waals surface area contributed by atoms with Crippen molar-refractivity contribution in [2.24, 2.45) is 0 Å². The maximum Gasteiger partial charge on any atom is 0.0813 e. The summed E-state index contributed by atoms with van der Waals surface area (Å²) in [5, 5.41) is 3.34. The molecule has 0 atom stereocenters. The number of benzene rings is 1. The number of rotatable bonds is 4. The minimum atomic E-state index is 0.938. The summed E-state index contributed by atoms with van der Waals surface area (Å²) in [7, 11) is 0. The molecule has 72 valence electrons. The van der Waals surface area contributed by atoms with Gasteiger partial charge in [0.1, 0.15) is 0 Å². The Balaban J connectivity index is 2.13. The average molecular weight is 204 g/mol. The topological polar surface area (TPSA) is 24.9 Å². The summed E-state index contributed by atoms with van der Waals surface area (Å²) in [6.07, 6.45) is 2.90. The Hall–Kier alpha value is -1.35. The van der Waals surface area contributed by atoms with Crippen molar-refractivity contribution in [3.05, 3.63) is 36.4 Å². The lowest BCUT2D eigenvalue weighted by atomic mass is 10.3. The monoisotopic (exact) mass is 204 g/mol. The molecule has 0 fully saturated rings. The summed E-state index contributed by atoms with van der Waals surface area (Å²) in [4.78, 5) is 4.23. The second-order valence-corrected chi connectivity index (χ2v) is 3.93. The van der Waals surface area contributed by atoms with E-state index in [0.29, 0.717) is 0 Å². The Morgan fingerprint density at radius 1 is 1.50 bits per heavy atom. The first-order valence-electron chi connectivity index (χ1n) is 4.58. The van der Waals surface area contributed by atoms with Crippen LogP contribution < -0.4 is 5.32 Å². The molecule has 0 spiro atoms. The van der Waals surface area contributed by atoms with Crippen LogP contribution in [0.25, 0.3) is 10.2 Å². The number of fused-ring (bicyclic) bond motifs is 1. The van der Waals surface area contributed by atoms with Crippen LogP contribution in [0.3, 0.4) is 0 Å². The fourth-order valence-electron chi connectivity index (χ4n) is 1.28. The summed E-state index contributed by atoms with van der Waals surface area (Å²) in [5.41, 5.74) is 4.10. The van der Waals surface area contributed by atoms with Crippen LogP contribution in [0.4, 0.5) is 5.69 Å². The third-order valence-electron chi connectivity index (χ3n) is 2.01. The van der Waals surface area contributed by atoms with Crippen LogP contribution in [0, 0.1) is 0 Å². The maximum absolute atomic E-state index is 4.23. The lowest BCUT2D eigenvalue weighted by Gasteiger charge is -2.03. The third kappa shape index (κ3) is 1.93. The fourth-order valence-corrected chi connectivity index (χ4v) is 2.00. The zero-order valence-electron chi connectivity index (χ0n) is 7.86. The van der Waals surface area contributed by atoms with Crippen LogP contribution in [0.5, 0.6) is 0 Å². The molecule has 2 rings (SSSR count). The highest BCUT2D eigenvalue weighted by Gasteiger charge is 1.97. The van der Waals surface area contributed by atoms with Crippen molar-refractivity contribution in [3.8, 4) is 0 Å². The van der Waals surface area contributed by atoms with Gasteiger partial charge in [-0.05, 0) is 24.6 Å². The zero-order valence-corrected chi connectivity index (χ0v) is 8.68. The van der Waals surface area contributed by atoms with Gasteiger partial charge in [-0.2, -0.15) is 0 Å². The summed E-state index contributed by atoms with van der Waals surface area (Å²) in [6.45, 7) is 4.62. The highest BCUT2D eigenvalue weighted by atomic mass is 32.1. The molecule has 0 saturated heterocycles. The van der Waals surface area contributed by atoms with E-state index in [-0.39, 0.29) is 0 Å². The van der Waals surface area contributed by atoms with E-state index in [1.54, 1.807) is 11.3 Å². The molecule has 1 N–H and O–H groups in total. The Morgan fingerprint density at radius 3 is 3.29 bits per heavy atom. The molecular weight excluding hydrogens is 192 g/mol. The second-order valence-electron chi connectivity index (χ2n) is 3.04. The standard InChI is InChI=1S/C11H12N2S/c1-2-3-6-12-9-4-5-10-11(7-9)14-8-13-10/h2,4-5,7-8,12H,1,3,6H2. The molecular formula is C11H12N2S. The molecule has 0 aliphatic rings. The summed E-state index contributed by atoms with van der Waals surface area (Å²) in [6, 6.07) is 6.24. The first-order chi connectivity index (χ1) is 6.90. The van der Waals surface area contributed by atoms with E-state index in [9.17, 15) is 0 Å². The van der Waals surface area contributed by atoms with Crippen molar-refractivity contribution < 1.29 is 0 Å². The van der Waals surface area contributed by atoms with Crippen molar-refractivity contribution in [3.63, 3.8) is 0 Å². The molecule has 0 radical (unpaired) electrons. The van der Waals surface area contributed by atoms with Crippen molar-refractivity contribution in [1.29, 1.82) is 0 Å². The minimum Gasteiger partial charge on any atom is -0.385 e. The fraction of sp³-hybridized carbons (Fsp3) is 0.182. The van der Waals surface area contributed by atoms with Crippen LogP contribution in [-0.2, 0) is 0 Å². The quantitative estimate of drug-likeness (QED) is 0.610. The number of thiazole rings is 1. The first-order valence-corrected chi connectivity index (χ1v) is 5.46. The van der Waals surface area contributed by atoms with Crippen LogP contribution in [-0.4, -0.2) is 11.5 Å². The highest BCUT2D eigenvalue weighted by Crippen LogP contribution is 2.21. The normalized spacial score (nSPS) is 10.3. The molecule has 2 aromatic rings. The molecule has 0 aliphatic heterocycles. The predicted molar refractivity (Wildman–Crippen MR) is 62.9 cm³/mol. The maximum atomic E-state index is 4.23. The molecule has 0 bridgehead atoms. The summed E-state index contributed by atoms with van der Waals surface area (Å²) < 4.78 is 1.23. The number of hydrogen-bond donors (Lipinski definition) is 1. The Morgan fingerprint density at radius 2 is 2.43 bits per heavy atom. The van der Waals surface area contributed by atoms with Gasteiger partial charge in [-0.3, -0.25) is 0 Å². The van der Waals surface area contributed by atoms with Gasteiger partial charge >= 0.3 is 0 Å². The molecule has 0 saturated carbocycles. The molecule has 1 heterocycles. The van der Waals surface area contributed by atoms with E-state index in [1.165, 1.54) is 4.70 Å². The zero-order chi connectivity index (χ0) is 9.80. The lowest BCUT2D eigenvalue weighted by Crippen LogP contribution is -1.99. The first kappa shape index (κ1) is 9.21. The number of aromatic nitrogens is 1. The second kappa shape index (κ2) is 4.24. The van der Waals surface area contributed by atoms with Crippen molar-refractivity contribution in [2.75, 3.05) is 11.9 Å². The Kier molecular flexibility index (Phi) is 2.79. The van der Waals surface area contributed by atoms with E-state index >= 15 is 0 Å². The number of anilines is 1. The highest BCUT2D eigenvalue weighted by molar-refractivity contribution is 7.16. The minimum absolute atomic E-state index is 0.938. The predicted octanol–water partition coefficient (Wildman–Crippen LogP) is 3.28. The van der Waals surface area contributed by atoms with Gasteiger partial charge in [-0.25, -0.2) is 4.98 Å².